The van der Waals surface area contributed by atoms with E-state index < -0.39 is 0 Å². The normalized spacial score (nSPS) is 24.8. The van der Waals surface area contributed by atoms with Crippen LogP contribution in [-0.4, -0.2) is 51.4 Å². The van der Waals surface area contributed by atoms with Crippen LogP contribution in [0.2, 0.25) is 0 Å². The lowest BCUT2D eigenvalue weighted by Crippen LogP contribution is -2.46. The fourth-order valence-corrected chi connectivity index (χ4v) is 2.98. The standard InChI is InChI=1S/C15H22N2O2/c1-16-15(14-10-17(2)6-8-19-14)12-3-4-13-11(9-12)5-7-18-13/h3-4,9,14-16H,5-8,10H2,1-2H3. The predicted molar refractivity (Wildman–Crippen MR) is 74.7 cm³/mol. The van der Waals surface area contributed by atoms with Gasteiger partial charge in [0.25, 0.3) is 0 Å². The molecule has 2 aliphatic heterocycles. The first-order valence-corrected chi connectivity index (χ1v) is 7.01. The summed E-state index contributed by atoms with van der Waals surface area (Å²) in [5, 5.41) is 3.41. The minimum Gasteiger partial charge on any atom is -0.493 e. The van der Waals surface area contributed by atoms with Crippen molar-refractivity contribution in [1.82, 2.24) is 10.2 Å². The van der Waals surface area contributed by atoms with Crippen LogP contribution in [0.25, 0.3) is 0 Å². The van der Waals surface area contributed by atoms with Crippen molar-refractivity contribution < 1.29 is 9.47 Å². The minimum absolute atomic E-state index is 0.212. The number of nitrogens with zero attached hydrogens (tertiary/aromatic N) is 1. The number of benzene rings is 1. The van der Waals surface area contributed by atoms with Crippen LogP contribution in [0.1, 0.15) is 17.2 Å². The zero-order valence-corrected chi connectivity index (χ0v) is 11.7. The molecule has 104 valence electrons. The molecule has 0 aromatic heterocycles. The molecule has 2 aliphatic rings. The lowest BCUT2D eigenvalue weighted by atomic mass is 9.97. The van der Waals surface area contributed by atoms with Crippen LogP contribution in [0.5, 0.6) is 5.75 Å². The van der Waals surface area contributed by atoms with Crippen LogP contribution in [0.3, 0.4) is 0 Å². The number of likely N-dealkylation sites (N-methyl/N-ethyl adjacent to an activating group) is 2. The maximum Gasteiger partial charge on any atom is 0.122 e. The maximum atomic E-state index is 5.94. The van der Waals surface area contributed by atoms with Crippen LogP contribution in [0, 0.1) is 0 Å². The number of rotatable bonds is 3. The summed E-state index contributed by atoms with van der Waals surface area (Å²) in [5.41, 5.74) is 2.62. The van der Waals surface area contributed by atoms with Crippen molar-refractivity contribution >= 4 is 0 Å². The third-order valence-electron chi connectivity index (χ3n) is 4.05. The van der Waals surface area contributed by atoms with Gasteiger partial charge in [0.1, 0.15) is 5.75 Å². The molecule has 2 unspecified atom stereocenters. The molecule has 0 spiro atoms. The van der Waals surface area contributed by atoms with E-state index >= 15 is 0 Å². The number of nitrogens with one attached hydrogen (secondary N) is 1. The molecule has 0 aliphatic carbocycles. The largest absolute Gasteiger partial charge is 0.493 e. The first-order valence-electron chi connectivity index (χ1n) is 7.01. The second-order valence-corrected chi connectivity index (χ2v) is 5.40. The Kier molecular flexibility index (Phi) is 3.73. The minimum atomic E-state index is 0.212. The van der Waals surface area contributed by atoms with E-state index in [9.17, 15) is 0 Å². The number of ether oxygens (including phenoxy) is 2. The van der Waals surface area contributed by atoms with Gasteiger partial charge in [0.05, 0.1) is 25.4 Å². The molecule has 1 fully saturated rings. The molecular weight excluding hydrogens is 240 g/mol. The van der Waals surface area contributed by atoms with E-state index in [1.54, 1.807) is 0 Å². The van der Waals surface area contributed by atoms with Gasteiger partial charge in [0.2, 0.25) is 0 Å². The third-order valence-corrected chi connectivity index (χ3v) is 4.05. The number of fused-ring (bicyclic) bond motifs is 1. The molecule has 0 radical (unpaired) electrons. The summed E-state index contributed by atoms with van der Waals surface area (Å²) in [6, 6.07) is 6.76. The van der Waals surface area contributed by atoms with E-state index in [0.717, 1.165) is 38.5 Å². The lowest BCUT2D eigenvalue weighted by molar-refractivity contribution is -0.0380. The summed E-state index contributed by atoms with van der Waals surface area (Å²) in [5.74, 6) is 1.04. The SMILES string of the molecule is CNC(c1ccc2c(c1)CCO2)C1CN(C)CCO1. The molecule has 4 nitrogen and oxygen atoms in total. The molecule has 1 saturated heterocycles. The molecule has 1 aromatic rings. The fourth-order valence-electron chi connectivity index (χ4n) is 2.98. The summed E-state index contributed by atoms with van der Waals surface area (Å²) in [4.78, 5) is 2.33. The Hall–Kier alpha value is -1.10. The summed E-state index contributed by atoms with van der Waals surface area (Å²) >= 11 is 0. The Morgan fingerprint density at radius 2 is 2.26 bits per heavy atom. The van der Waals surface area contributed by atoms with Crippen molar-refractivity contribution in [2.24, 2.45) is 0 Å². The van der Waals surface area contributed by atoms with E-state index in [4.69, 9.17) is 9.47 Å². The van der Waals surface area contributed by atoms with Crippen molar-refractivity contribution in [3.63, 3.8) is 0 Å². The number of hydrogen-bond acceptors (Lipinski definition) is 4. The summed E-state index contributed by atoms with van der Waals surface area (Å²) in [7, 11) is 4.16. The van der Waals surface area contributed by atoms with Gasteiger partial charge in [0, 0.05) is 19.5 Å². The Labute approximate surface area is 114 Å². The van der Waals surface area contributed by atoms with E-state index in [-0.39, 0.29) is 12.1 Å². The van der Waals surface area contributed by atoms with Crippen molar-refractivity contribution in [2.75, 3.05) is 40.4 Å². The quantitative estimate of drug-likeness (QED) is 0.888. The first kappa shape index (κ1) is 12.9. The van der Waals surface area contributed by atoms with Crippen LogP contribution in [-0.2, 0) is 11.2 Å². The van der Waals surface area contributed by atoms with E-state index in [0.29, 0.717) is 0 Å². The molecule has 0 amide bonds. The summed E-state index contributed by atoms with van der Waals surface area (Å²) < 4.78 is 11.5. The zero-order chi connectivity index (χ0) is 13.2. The molecule has 0 saturated carbocycles. The van der Waals surface area contributed by atoms with Gasteiger partial charge in [-0.3, -0.25) is 0 Å². The van der Waals surface area contributed by atoms with Gasteiger partial charge in [-0.25, -0.2) is 0 Å². The van der Waals surface area contributed by atoms with Crippen molar-refractivity contribution in [1.29, 1.82) is 0 Å². The second-order valence-electron chi connectivity index (χ2n) is 5.40. The molecule has 0 bridgehead atoms. The van der Waals surface area contributed by atoms with Crippen LogP contribution < -0.4 is 10.1 Å². The molecule has 2 heterocycles. The van der Waals surface area contributed by atoms with Gasteiger partial charge in [0.15, 0.2) is 0 Å². The second kappa shape index (κ2) is 5.49. The van der Waals surface area contributed by atoms with Crippen LogP contribution in [0.4, 0.5) is 0 Å². The van der Waals surface area contributed by atoms with Gasteiger partial charge in [-0.1, -0.05) is 12.1 Å². The third kappa shape index (κ3) is 2.61. The summed E-state index contributed by atoms with van der Waals surface area (Å²) in [6.07, 6.45) is 1.23. The Bertz CT molecular complexity index is 450. The highest BCUT2D eigenvalue weighted by Gasteiger charge is 2.27. The Balaban J connectivity index is 1.81. The Morgan fingerprint density at radius 3 is 3.05 bits per heavy atom. The van der Waals surface area contributed by atoms with Gasteiger partial charge in [-0.05, 0) is 31.3 Å². The highest BCUT2D eigenvalue weighted by atomic mass is 16.5. The van der Waals surface area contributed by atoms with Gasteiger partial charge in [-0.15, -0.1) is 0 Å². The van der Waals surface area contributed by atoms with Crippen molar-refractivity contribution in [3.8, 4) is 5.75 Å². The molecule has 1 aromatic carbocycles. The zero-order valence-electron chi connectivity index (χ0n) is 11.7. The van der Waals surface area contributed by atoms with Gasteiger partial charge < -0.3 is 19.7 Å². The van der Waals surface area contributed by atoms with E-state index in [1.165, 1.54) is 11.1 Å². The van der Waals surface area contributed by atoms with E-state index in [2.05, 4.69) is 35.5 Å². The Morgan fingerprint density at radius 1 is 1.37 bits per heavy atom. The number of hydrogen-bond donors (Lipinski definition) is 1. The van der Waals surface area contributed by atoms with Crippen LogP contribution in [0.15, 0.2) is 18.2 Å². The molecule has 4 heteroatoms. The van der Waals surface area contributed by atoms with Gasteiger partial charge >= 0.3 is 0 Å². The van der Waals surface area contributed by atoms with Crippen molar-refractivity contribution in [3.05, 3.63) is 29.3 Å². The van der Waals surface area contributed by atoms with Gasteiger partial charge in [-0.2, -0.15) is 0 Å². The number of morpholine rings is 1. The fraction of sp³-hybridized carbons (Fsp3) is 0.600. The van der Waals surface area contributed by atoms with Crippen molar-refractivity contribution in [2.45, 2.75) is 18.6 Å². The maximum absolute atomic E-state index is 5.94. The topological polar surface area (TPSA) is 33.7 Å². The van der Waals surface area contributed by atoms with Crippen LogP contribution >= 0.6 is 0 Å². The smallest absolute Gasteiger partial charge is 0.122 e. The monoisotopic (exact) mass is 262 g/mol. The lowest BCUT2D eigenvalue weighted by Gasteiger charge is -2.35. The average Bonchev–Trinajstić information content (AvgIpc) is 2.87. The first-order chi connectivity index (χ1) is 9.28. The highest BCUT2D eigenvalue weighted by molar-refractivity contribution is 5.41. The molecular formula is C15H22N2O2. The molecule has 2 atom stereocenters. The summed E-state index contributed by atoms with van der Waals surface area (Å²) in [6.45, 7) is 3.61. The predicted octanol–water partition coefficient (Wildman–Crippen LogP) is 1.21. The molecule has 3 rings (SSSR count). The van der Waals surface area contributed by atoms with E-state index in [1.807, 2.05) is 7.05 Å². The molecule has 1 N–H and O–H groups in total. The highest BCUT2D eigenvalue weighted by Crippen LogP contribution is 2.30. The average molecular weight is 262 g/mol. The molecule has 19 heavy (non-hydrogen) atoms.